The Kier molecular flexibility index (Phi) is 5.90. The molecule has 1 unspecified atom stereocenters. The van der Waals surface area contributed by atoms with E-state index in [1.54, 1.807) is 19.1 Å². The second-order valence-electron chi connectivity index (χ2n) is 3.69. The first-order valence-corrected chi connectivity index (χ1v) is 6.80. The van der Waals surface area contributed by atoms with E-state index in [4.69, 9.17) is 10.00 Å². The van der Waals surface area contributed by atoms with Gasteiger partial charge in [-0.2, -0.15) is 5.26 Å². The molecule has 0 fully saturated rings. The number of ether oxygens (including phenoxy) is 1. The van der Waals surface area contributed by atoms with Crippen LogP contribution >= 0.6 is 11.8 Å². The third kappa shape index (κ3) is 4.30. The van der Waals surface area contributed by atoms with Gasteiger partial charge in [0.05, 0.1) is 18.7 Å². The summed E-state index contributed by atoms with van der Waals surface area (Å²) in [5, 5.41) is 11.6. The van der Waals surface area contributed by atoms with Crippen LogP contribution in [-0.2, 0) is 9.53 Å². The molecule has 0 amide bonds. The second kappa shape index (κ2) is 7.44. The van der Waals surface area contributed by atoms with Gasteiger partial charge < -0.3 is 4.74 Å². The maximum absolute atomic E-state index is 11.4. The number of carbonyl (C=O) groups excluding carboxylic acids is 1. The van der Waals surface area contributed by atoms with Crippen molar-refractivity contribution < 1.29 is 9.53 Å². The number of rotatable bonds is 3. The number of benzene rings is 1. The molecule has 0 heterocycles. The molecule has 100 valence electrons. The van der Waals surface area contributed by atoms with E-state index in [0.717, 1.165) is 5.56 Å². The highest BCUT2D eigenvalue weighted by molar-refractivity contribution is 8.13. The van der Waals surface area contributed by atoms with E-state index in [1.807, 2.05) is 24.6 Å². The molecular formula is C13H15N3O2S. The number of methoxy groups -OCH3 is 1. The Morgan fingerprint density at radius 2 is 2.11 bits per heavy atom. The number of nitrogens with zero attached hydrogens (tertiary/aromatic N) is 2. The van der Waals surface area contributed by atoms with E-state index >= 15 is 0 Å². The lowest BCUT2D eigenvalue weighted by Crippen LogP contribution is -2.12. The van der Waals surface area contributed by atoms with E-state index < -0.39 is 0 Å². The predicted octanol–water partition coefficient (Wildman–Crippen LogP) is 2.38. The van der Waals surface area contributed by atoms with Crippen molar-refractivity contribution in [3.05, 3.63) is 29.8 Å². The number of hydrogen-bond donors (Lipinski definition) is 1. The number of amidine groups is 1. The summed E-state index contributed by atoms with van der Waals surface area (Å²) in [6, 6.07) is 7.24. The quantitative estimate of drug-likeness (QED) is 0.302. The highest BCUT2D eigenvalue weighted by atomic mass is 32.2. The molecule has 0 saturated heterocycles. The van der Waals surface area contributed by atoms with Crippen LogP contribution in [0.3, 0.4) is 0 Å². The number of carbonyl (C=O) groups is 1. The smallest absolute Gasteiger partial charge is 0.312 e. The summed E-state index contributed by atoms with van der Waals surface area (Å²) < 4.78 is 4.69. The molecule has 0 aliphatic heterocycles. The summed E-state index contributed by atoms with van der Waals surface area (Å²) in [5.41, 5.74) is 1.58. The zero-order chi connectivity index (χ0) is 14.3. The van der Waals surface area contributed by atoms with Crippen LogP contribution in [0.2, 0.25) is 0 Å². The molecular weight excluding hydrogens is 262 g/mol. The predicted molar refractivity (Wildman–Crippen MR) is 76.2 cm³/mol. The van der Waals surface area contributed by atoms with Gasteiger partial charge in [0.2, 0.25) is 0 Å². The van der Waals surface area contributed by atoms with Gasteiger partial charge in [0.1, 0.15) is 0 Å². The molecule has 1 aromatic rings. The SMILES string of the molecule is COC(=O)C(C)c1ccc(N=C(NC#N)SC)cc1. The highest BCUT2D eigenvalue weighted by Gasteiger charge is 2.14. The molecule has 1 rings (SSSR count). The van der Waals surface area contributed by atoms with Crippen LogP contribution in [0.5, 0.6) is 0 Å². The number of nitriles is 1. The lowest BCUT2D eigenvalue weighted by Gasteiger charge is -2.09. The van der Waals surface area contributed by atoms with Crippen molar-refractivity contribution >= 4 is 28.6 Å². The average molecular weight is 277 g/mol. The van der Waals surface area contributed by atoms with E-state index in [9.17, 15) is 4.79 Å². The molecule has 0 spiro atoms. The van der Waals surface area contributed by atoms with E-state index in [1.165, 1.54) is 18.9 Å². The van der Waals surface area contributed by atoms with Crippen LogP contribution in [0.4, 0.5) is 5.69 Å². The van der Waals surface area contributed by atoms with Crippen molar-refractivity contribution in [2.75, 3.05) is 13.4 Å². The van der Waals surface area contributed by atoms with Gasteiger partial charge in [0, 0.05) is 0 Å². The van der Waals surface area contributed by atoms with Crippen molar-refractivity contribution in [1.29, 1.82) is 5.26 Å². The Morgan fingerprint density at radius 3 is 2.58 bits per heavy atom. The van der Waals surface area contributed by atoms with Crippen LogP contribution < -0.4 is 5.32 Å². The largest absolute Gasteiger partial charge is 0.469 e. The molecule has 6 heteroatoms. The topological polar surface area (TPSA) is 74.5 Å². The van der Waals surface area contributed by atoms with Crippen molar-refractivity contribution in [1.82, 2.24) is 5.32 Å². The van der Waals surface area contributed by atoms with Gasteiger partial charge in [-0.05, 0) is 30.9 Å². The summed E-state index contributed by atoms with van der Waals surface area (Å²) in [6.07, 6.45) is 3.66. The van der Waals surface area contributed by atoms with Crippen LogP contribution in [-0.4, -0.2) is 24.5 Å². The maximum atomic E-state index is 11.4. The van der Waals surface area contributed by atoms with Crippen LogP contribution in [0.15, 0.2) is 29.3 Å². The molecule has 0 aliphatic rings. The summed E-state index contributed by atoms with van der Waals surface area (Å²) in [4.78, 5) is 15.7. The number of hydrogen-bond acceptors (Lipinski definition) is 5. The first-order valence-electron chi connectivity index (χ1n) is 5.58. The number of thioether (sulfide) groups is 1. The van der Waals surface area contributed by atoms with Crippen molar-refractivity contribution in [3.63, 3.8) is 0 Å². The van der Waals surface area contributed by atoms with Gasteiger partial charge in [0.25, 0.3) is 0 Å². The molecule has 0 aliphatic carbocycles. The number of aliphatic imine (C=N–C) groups is 1. The van der Waals surface area contributed by atoms with Gasteiger partial charge in [-0.1, -0.05) is 23.9 Å². The Bertz CT molecular complexity index is 506. The van der Waals surface area contributed by atoms with Gasteiger partial charge >= 0.3 is 5.97 Å². The first kappa shape index (κ1) is 15.1. The Labute approximate surface area is 116 Å². The summed E-state index contributed by atoms with van der Waals surface area (Å²) in [7, 11) is 1.37. The summed E-state index contributed by atoms with van der Waals surface area (Å²) >= 11 is 1.35. The lowest BCUT2D eigenvalue weighted by atomic mass is 10.0. The average Bonchev–Trinajstić information content (AvgIpc) is 2.45. The van der Waals surface area contributed by atoms with Crippen LogP contribution in [0.1, 0.15) is 18.4 Å². The molecule has 1 N–H and O–H groups in total. The zero-order valence-electron chi connectivity index (χ0n) is 11.0. The molecule has 0 bridgehead atoms. The molecule has 1 atom stereocenters. The monoisotopic (exact) mass is 277 g/mol. The van der Waals surface area contributed by atoms with Crippen molar-refractivity contribution in [2.24, 2.45) is 4.99 Å². The van der Waals surface area contributed by atoms with Crippen molar-refractivity contribution in [2.45, 2.75) is 12.8 Å². The highest BCUT2D eigenvalue weighted by Crippen LogP contribution is 2.21. The lowest BCUT2D eigenvalue weighted by molar-refractivity contribution is -0.141. The molecule has 0 saturated carbocycles. The van der Waals surface area contributed by atoms with Gasteiger partial charge in [0.15, 0.2) is 11.4 Å². The normalized spacial score (nSPS) is 12.4. The van der Waals surface area contributed by atoms with E-state index in [2.05, 4.69) is 10.3 Å². The van der Waals surface area contributed by atoms with E-state index in [0.29, 0.717) is 10.9 Å². The molecule has 0 aromatic heterocycles. The third-order valence-corrected chi connectivity index (χ3v) is 3.11. The maximum Gasteiger partial charge on any atom is 0.312 e. The molecule has 19 heavy (non-hydrogen) atoms. The zero-order valence-corrected chi connectivity index (χ0v) is 11.8. The number of esters is 1. The Hall–Kier alpha value is -2.00. The fourth-order valence-electron chi connectivity index (χ4n) is 1.44. The second-order valence-corrected chi connectivity index (χ2v) is 4.49. The Balaban J connectivity index is 2.88. The fraction of sp³-hybridized carbons (Fsp3) is 0.308. The third-order valence-electron chi connectivity index (χ3n) is 2.53. The minimum atomic E-state index is -0.305. The van der Waals surface area contributed by atoms with Gasteiger partial charge in [-0.15, -0.1) is 0 Å². The van der Waals surface area contributed by atoms with E-state index in [-0.39, 0.29) is 11.9 Å². The summed E-state index contributed by atoms with van der Waals surface area (Å²) in [6.45, 7) is 1.79. The molecule has 5 nitrogen and oxygen atoms in total. The van der Waals surface area contributed by atoms with Gasteiger partial charge in [-0.25, -0.2) is 4.99 Å². The van der Waals surface area contributed by atoms with Crippen LogP contribution in [0.25, 0.3) is 0 Å². The standard InChI is InChI=1S/C13H15N3O2S/c1-9(12(17)18-2)10-4-6-11(7-5-10)16-13(19-3)15-8-14/h4-7,9H,1-3H3,(H,15,16). The first-order chi connectivity index (χ1) is 9.12. The summed E-state index contributed by atoms with van der Waals surface area (Å²) in [5.74, 6) is -0.576. The fourth-order valence-corrected chi connectivity index (χ4v) is 1.78. The van der Waals surface area contributed by atoms with Crippen LogP contribution in [0, 0.1) is 11.5 Å². The minimum Gasteiger partial charge on any atom is -0.469 e. The minimum absolute atomic E-state index is 0.271. The number of nitrogens with one attached hydrogen (secondary N) is 1. The van der Waals surface area contributed by atoms with Gasteiger partial charge in [-0.3, -0.25) is 10.1 Å². The van der Waals surface area contributed by atoms with Crippen molar-refractivity contribution in [3.8, 4) is 6.19 Å². The molecule has 1 aromatic carbocycles. The Morgan fingerprint density at radius 1 is 1.47 bits per heavy atom. The molecule has 0 radical (unpaired) electrons.